The molecular formula is C37H43N5. The minimum atomic E-state index is 0.412. The summed E-state index contributed by atoms with van der Waals surface area (Å²) >= 11 is 0. The molecule has 0 aliphatic rings. The van der Waals surface area contributed by atoms with Gasteiger partial charge in [-0.05, 0) is 77.9 Å². The molecule has 0 unspecified atom stereocenters. The van der Waals surface area contributed by atoms with Crippen molar-refractivity contribution in [3.05, 3.63) is 157 Å². The first-order valence-electron chi connectivity index (χ1n) is 13.3. The Bertz CT molecular complexity index is 1390. The number of nitrogens with zero attached hydrogens (tertiary/aromatic N) is 2. The lowest BCUT2D eigenvalue weighted by Gasteiger charge is -2.02. The lowest BCUT2D eigenvalue weighted by atomic mass is 10.0. The zero-order valence-electron chi connectivity index (χ0n) is 25.1. The van der Waals surface area contributed by atoms with Gasteiger partial charge in [-0.1, -0.05) is 116 Å². The van der Waals surface area contributed by atoms with Crippen molar-refractivity contribution in [2.45, 2.75) is 33.7 Å². The summed E-state index contributed by atoms with van der Waals surface area (Å²) in [5, 5.41) is 15.5. The number of anilines is 1. The van der Waals surface area contributed by atoms with Gasteiger partial charge in [0.25, 0.3) is 0 Å². The Balaban J connectivity index is 0.000000577. The van der Waals surface area contributed by atoms with Crippen LogP contribution in [-0.4, -0.2) is 0 Å². The van der Waals surface area contributed by atoms with Crippen molar-refractivity contribution in [2.24, 2.45) is 11.5 Å². The molecule has 0 amide bonds. The van der Waals surface area contributed by atoms with Crippen molar-refractivity contribution in [1.82, 2.24) is 0 Å². The van der Waals surface area contributed by atoms with Crippen LogP contribution in [-0.2, 0) is 6.54 Å². The number of nitrogen functional groups attached to an aromatic ring is 1. The van der Waals surface area contributed by atoms with Crippen LogP contribution in [0.2, 0.25) is 0 Å². The fraction of sp³-hybridized carbons (Fsp3) is 0.135. The number of nitrogens with two attached hydrogens (primary N) is 3. The van der Waals surface area contributed by atoms with Crippen LogP contribution in [0.4, 0.5) is 5.69 Å². The predicted molar refractivity (Wildman–Crippen MR) is 182 cm³/mol. The predicted octanol–water partition coefficient (Wildman–Crippen LogP) is 8.50. The molecule has 5 heteroatoms. The first kappa shape index (κ1) is 36.6. The summed E-state index contributed by atoms with van der Waals surface area (Å²) in [6.45, 7) is 18.4. The van der Waals surface area contributed by atoms with Crippen molar-refractivity contribution in [3.63, 3.8) is 0 Å². The molecule has 42 heavy (non-hydrogen) atoms. The van der Waals surface area contributed by atoms with Crippen LogP contribution in [0.15, 0.2) is 129 Å². The van der Waals surface area contributed by atoms with Gasteiger partial charge >= 0.3 is 0 Å². The summed E-state index contributed by atoms with van der Waals surface area (Å²) in [4.78, 5) is 0. The number of hydrogen-bond donors (Lipinski definition) is 3. The quantitative estimate of drug-likeness (QED) is 0.111. The molecule has 3 aromatic rings. The van der Waals surface area contributed by atoms with Crippen LogP contribution >= 0.6 is 0 Å². The van der Waals surface area contributed by atoms with Gasteiger partial charge in [0.15, 0.2) is 6.19 Å². The van der Waals surface area contributed by atoms with Crippen molar-refractivity contribution < 1.29 is 0 Å². The molecule has 6 N–H and O–H groups in total. The third-order valence-electron chi connectivity index (χ3n) is 5.44. The molecule has 216 valence electrons. The Kier molecular flexibility index (Phi) is 19.6. The van der Waals surface area contributed by atoms with E-state index in [1.54, 1.807) is 6.08 Å². The van der Waals surface area contributed by atoms with Gasteiger partial charge in [0.05, 0.1) is 12.5 Å². The van der Waals surface area contributed by atoms with Crippen molar-refractivity contribution in [2.75, 3.05) is 5.73 Å². The third kappa shape index (κ3) is 15.9. The van der Waals surface area contributed by atoms with Gasteiger partial charge in [-0.3, -0.25) is 0 Å². The molecular weight excluding hydrogens is 514 g/mol. The summed E-state index contributed by atoms with van der Waals surface area (Å²) in [5.41, 5.74) is 24.8. The second-order valence-electron chi connectivity index (χ2n) is 8.87. The Labute approximate surface area is 252 Å². The zero-order chi connectivity index (χ0) is 31.8. The minimum absolute atomic E-state index is 0.412. The largest absolute Gasteiger partial charge is 0.399 e. The van der Waals surface area contributed by atoms with Gasteiger partial charge < -0.3 is 17.2 Å². The first-order chi connectivity index (χ1) is 20.2. The van der Waals surface area contributed by atoms with Crippen LogP contribution < -0.4 is 17.2 Å². The molecule has 0 fully saturated rings. The topological polar surface area (TPSA) is 126 Å². The summed E-state index contributed by atoms with van der Waals surface area (Å²) in [6.07, 6.45) is 13.3. The highest BCUT2D eigenvalue weighted by Crippen LogP contribution is 2.17. The number of hydrogen-bond acceptors (Lipinski definition) is 5. The molecule has 5 nitrogen and oxygen atoms in total. The molecule has 3 aromatic carbocycles. The Morgan fingerprint density at radius 1 is 0.762 bits per heavy atom. The van der Waals surface area contributed by atoms with E-state index in [1.165, 1.54) is 17.3 Å². The monoisotopic (exact) mass is 557 g/mol. The average molecular weight is 558 g/mol. The van der Waals surface area contributed by atoms with E-state index in [1.807, 2.05) is 98.8 Å². The number of nitriles is 2. The maximum absolute atomic E-state index is 8.38. The van der Waals surface area contributed by atoms with E-state index in [0.29, 0.717) is 13.0 Å². The van der Waals surface area contributed by atoms with Gasteiger partial charge in [-0.15, -0.1) is 0 Å². The van der Waals surface area contributed by atoms with E-state index in [4.69, 9.17) is 22.0 Å². The molecule has 0 aliphatic heterocycles. The maximum Gasteiger partial charge on any atom is 0.173 e. The van der Waals surface area contributed by atoms with Crippen molar-refractivity contribution in [1.29, 1.82) is 10.5 Å². The average Bonchev–Trinajstić information content (AvgIpc) is 2.98. The lowest BCUT2D eigenvalue weighted by molar-refractivity contribution is 1.07. The Morgan fingerprint density at radius 2 is 1.24 bits per heavy atom. The lowest BCUT2D eigenvalue weighted by Crippen LogP contribution is -1.96. The summed E-state index contributed by atoms with van der Waals surface area (Å²) in [5.74, 6) is 0. The normalized spacial score (nSPS) is 9.76. The highest BCUT2D eigenvalue weighted by Gasteiger charge is 1.96. The van der Waals surface area contributed by atoms with Crippen molar-refractivity contribution >= 4 is 22.4 Å². The highest BCUT2D eigenvalue weighted by molar-refractivity contribution is 5.74. The van der Waals surface area contributed by atoms with E-state index in [2.05, 4.69) is 56.7 Å². The second kappa shape index (κ2) is 22.5. The van der Waals surface area contributed by atoms with Gasteiger partial charge in [0.1, 0.15) is 0 Å². The van der Waals surface area contributed by atoms with Crippen LogP contribution in [0.3, 0.4) is 0 Å². The zero-order valence-corrected chi connectivity index (χ0v) is 25.1. The van der Waals surface area contributed by atoms with Crippen molar-refractivity contribution in [3.8, 4) is 12.3 Å². The molecule has 0 bridgehead atoms. The molecule has 0 heterocycles. The Hall–Kier alpha value is -5.36. The number of rotatable bonds is 8. The van der Waals surface area contributed by atoms with E-state index in [0.717, 1.165) is 39.1 Å². The van der Waals surface area contributed by atoms with Gasteiger partial charge in [-0.2, -0.15) is 10.5 Å². The molecule has 0 spiro atoms. The van der Waals surface area contributed by atoms with Crippen LogP contribution in [0.1, 0.15) is 48.1 Å². The number of benzene rings is 3. The first-order valence-corrected chi connectivity index (χ1v) is 13.3. The van der Waals surface area contributed by atoms with E-state index in [9.17, 15) is 0 Å². The van der Waals surface area contributed by atoms with E-state index < -0.39 is 0 Å². The van der Waals surface area contributed by atoms with Crippen LogP contribution in [0, 0.1) is 29.7 Å². The van der Waals surface area contributed by atoms with Crippen LogP contribution in [0.5, 0.6) is 0 Å². The van der Waals surface area contributed by atoms with Crippen LogP contribution in [0.25, 0.3) is 16.7 Å². The van der Waals surface area contributed by atoms with E-state index >= 15 is 0 Å². The van der Waals surface area contributed by atoms with Gasteiger partial charge in [0, 0.05) is 12.2 Å². The molecule has 0 atom stereocenters. The number of aryl methyl sites for hydroxylation is 1. The summed E-state index contributed by atoms with van der Waals surface area (Å²) in [6, 6.07) is 26.1. The molecule has 0 radical (unpaired) electrons. The van der Waals surface area contributed by atoms with E-state index in [-0.39, 0.29) is 0 Å². The fourth-order valence-electron chi connectivity index (χ4n) is 3.43. The third-order valence-corrected chi connectivity index (χ3v) is 5.44. The SMILES string of the molecule is C=C(/C=C\C)c1cccc(C)c1.C=C(/C=C\C)c1cccc(N)c1.C=C(/C=C\CC#N)c1cccc(CN)c1.N#CN. The Morgan fingerprint density at radius 3 is 1.71 bits per heavy atom. The van der Waals surface area contributed by atoms with Gasteiger partial charge in [0.2, 0.25) is 0 Å². The highest BCUT2D eigenvalue weighted by atomic mass is 14.5. The molecule has 0 saturated carbocycles. The minimum Gasteiger partial charge on any atom is -0.399 e. The smallest absolute Gasteiger partial charge is 0.173 e. The number of allylic oxidation sites excluding steroid dienone is 9. The second-order valence-corrected chi connectivity index (χ2v) is 8.87. The fourth-order valence-corrected chi connectivity index (χ4v) is 3.43. The molecule has 0 aromatic heterocycles. The molecule has 0 aliphatic carbocycles. The molecule has 0 saturated heterocycles. The summed E-state index contributed by atoms with van der Waals surface area (Å²) in [7, 11) is 0. The maximum atomic E-state index is 8.38. The van der Waals surface area contributed by atoms with Gasteiger partial charge in [-0.25, -0.2) is 0 Å². The summed E-state index contributed by atoms with van der Waals surface area (Å²) < 4.78 is 0. The standard InChI is InChI=1S/C13H14N2.C12H14.C11H13N.CH2N2/c1-11(5-2-3-8-14)13-7-4-6-12(9-13)10-15;1-4-6-11(3)12-8-5-7-10(2)9-12;1-3-5-9(2)10-6-4-7-11(12)8-10;2-1-3/h2,4-7,9H,1,3,10,15H2;4-9H,3H2,1-2H3;3-8H,2,12H2,1H3;2H2/b5-2-;6-4-;5-3-;. The molecule has 3 rings (SSSR count).